The van der Waals surface area contributed by atoms with Crippen LogP contribution in [0.2, 0.25) is 10.0 Å². The molecule has 1 saturated heterocycles. The number of ether oxygens (including phenoxy) is 2. The number of halogens is 3. The van der Waals surface area contributed by atoms with Gasteiger partial charge in [-0.1, -0.05) is 53.5 Å². The Morgan fingerprint density at radius 3 is 2.43 bits per heavy atom. The molecular weight excluding hydrogens is 574 g/mol. The second-order valence-electron chi connectivity index (χ2n) is 12.0. The molecular formula is C34H37Cl2FN2O3. The molecule has 3 aromatic rings. The molecule has 2 saturated carbocycles. The summed E-state index contributed by atoms with van der Waals surface area (Å²) in [5.41, 5.74) is 5.00. The Balaban J connectivity index is 1.13. The summed E-state index contributed by atoms with van der Waals surface area (Å²) in [5.74, 6) is 1.81. The third-order valence-corrected chi connectivity index (χ3v) is 9.89. The van der Waals surface area contributed by atoms with Crippen molar-refractivity contribution in [2.75, 3.05) is 26.3 Å². The molecule has 3 fully saturated rings. The topological polar surface area (TPSA) is 50.8 Å². The number of carbonyl (C=O) groups excluding carboxylic acids is 1. The smallest absolute Gasteiger partial charge is 0.227 e. The fourth-order valence-electron chi connectivity index (χ4n) is 6.81. The first-order valence-electron chi connectivity index (χ1n) is 14.9. The van der Waals surface area contributed by atoms with Gasteiger partial charge in [0.1, 0.15) is 24.8 Å². The maximum absolute atomic E-state index is 14.4. The van der Waals surface area contributed by atoms with Crippen molar-refractivity contribution >= 4 is 29.1 Å². The molecule has 1 N–H and O–H groups in total. The van der Waals surface area contributed by atoms with E-state index in [1.165, 1.54) is 34.4 Å². The molecule has 222 valence electrons. The van der Waals surface area contributed by atoms with Gasteiger partial charge in [0, 0.05) is 18.5 Å². The predicted octanol–water partition coefficient (Wildman–Crippen LogP) is 7.34. The molecule has 1 aliphatic heterocycles. The standard InChI is InChI=1S/C34H37Cl2FN2O3/c1-20-4-3-5-23(21(20)2)19-39(26-8-9-26)34(40)32-28(14-24-17-38-18-29(24)32)22-6-10-27(11-7-22)41-12-13-42-33-30(35)15-25(37)16-31(33)36/h3-7,10-11,15-16,24,26,28-29,32,38H,8-9,12-14,17-19H2,1-2H3/t24-,28+,29+,32-/m1/s1. The predicted molar refractivity (Wildman–Crippen MR) is 164 cm³/mol. The molecule has 1 amide bonds. The number of nitrogens with one attached hydrogen (secondary N) is 1. The van der Waals surface area contributed by atoms with Crippen LogP contribution in [0.4, 0.5) is 4.39 Å². The van der Waals surface area contributed by atoms with Crippen molar-refractivity contribution in [2.24, 2.45) is 17.8 Å². The average molecular weight is 612 g/mol. The van der Waals surface area contributed by atoms with Gasteiger partial charge in [-0.15, -0.1) is 0 Å². The van der Waals surface area contributed by atoms with Gasteiger partial charge in [-0.25, -0.2) is 4.39 Å². The Morgan fingerprint density at radius 2 is 1.71 bits per heavy atom. The number of benzene rings is 3. The van der Waals surface area contributed by atoms with Crippen molar-refractivity contribution in [3.8, 4) is 11.5 Å². The molecule has 3 aromatic carbocycles. The van der Waals surface area contributed by atoms with Gasteiger partial charge in [-0.3, -0.25) is 4.79 Å². The summed E-state index contributed by atoms with van der Waals surface area (Å²) in [6.07, 6.45) is 3.20. The fourth-order valence-corrected chi connectivity index (χ4v) is 7.38. The highest BCUT2D eigenvalue weighted by Crippen LogP contribution is 2.50. The third kappa shape index (κ3) is 6.13. The molecule has 2 aliphatic carbocycles. The maximum atomic E-state index is 14.4. The van der Waals surface area contributed by atoms with E-state index in [2.05, 4.69) is 54.4 Å². The Labute approximate surface area is 257 Å². The first-order chi connectivity index (χ1) is 20.3. The molecule has 0 unspecified atom stereocenters. The van der Waals surface area contributed by atoms with Crippen LogP contribution in [0.5, 0.6) is 11.5 Å². The number of hydrogen-bond acceptors (Lipinski definition) is 4. The van der Waals surface area contributed by atoms with Gasteiger partial charge in [0.15, 0.2) is 5.75 Å². The Bertz CT molecular complexity index is 1420. The second-order valence-corrected chi connectivity index (χ2v) is 12.8. The fraction of sp³-hybridized carbons (Fsp3) is 0.441. The minimum atomic E-state index is -0.513. The van der Waals surface area contributed by atoms with Crippen LogP contribution >= 0.6 is 23.2 Å². The van der Waals surface area contributed by atoms with Crippen LogP contribution in [0.1, 0.15) is 47.4 Å². The van der Waals surface area contributed by atoms with Crippen molar-refractivity contribution in [3.05, 3.63) is 92.7 Å². The number of fused-ring (bicyclic) bond motifs is 1. The zero-order valence-corrected chi connectivity index (χ0v) is 25.6. The van der Waals surface area contributed by atoms with E-state index >= 15 is 0 Å². The molecule has 1 heterocycles. The Hall–Kier alpha value is -2.80. The van der Waals surface area contributed by atoms with Crippen LogP contribution in [0, 0.1) is 37.4 Å². The van der Waals surface area contributed by atoms with Crippen LogP contribution in [0.25, 0.3) is 0 Å². The Morgan fingerprint density at radius 1 is 1.00 bits per heavy atom. The summed E-state index contributed by atoms with van der Waals surface area (Å²) in [5, 5.41) is 3.80. The average Bonchev–Trinajstić information content (AvgIpc) is 3.59. The lowest BCUT2D eigenvalue weighted by Crippen LogP contribution is -2.41. The highest BCUT2D eigenvalue weighted by atomic mass is 35.5. The van der Waals surface area contributed by atoms with Crippen LogP contribution in [-0.4, -0.2) is 43.2 Å². The van der Waals surface area contributed by atoms with E-state index in [9.17, 15) is 9.18 Å². The second kappa shape index (κ2) is 12.4. The van der Waals surface area contributed by atoms with Crippen LogP contribution in [0.3, 0.4) is 0 Å². The van der Waals surface area contributed by atoms with E-state index in [0.717, 1.165) is 38.1 Å². The quantitative estimate of drug-likeness (QED) is 0.244. The Kier molecular flexibility index (Phi) is 8.67. The summed E-state index contributed by atoms with van der Waals surface area (Å²) >= 11 is 12.1. The highest BCUT2D eigenvalue weighted by Gasteiger charge is 2.51. The van der Waals surface area contributed by atoms with Crippen molar-refractivity contribution in [1.82, 2.24) is 10.2 Å². The largest absolute Gasteiger partial charge is 0.490 e. The summed E-state index contributed by atoms with van der Waals surface area (Å²) in [6, 6.07) is 17.2. The van der Waals surface area contributed by atoms with E-state index in [4.69, 9.17) is 32.7 Å². The number of aryl methyl sites for hydroxylation is 1. The SMILES string of the molecule is Cc1cccc(CN(C(=O)[C@H]2[C@H]3CNC[C@H]3C[C@H]2c2ccc(OCCOc3c(Cl)cc(F)cc3Cl)cc2)C2CC2)c1C. The maximum Gasteiger partial charge on any atom is 0.227 e. The molecule has 0 aromatic heterocycles. The van der Waals surface area contributed by atoms with Crippen molar-refractivity contribution < 1.29 is 18.7 Å². The normalized spacial score (nSPS) is 23.1. The molecule has 4 atom stereocenters. The lowest BCUT2D eigenvalue weighted by Gasteiger charge is -2.32. The number of rotatable bonds is 10. The van der Waals surface area contributed by atoms with Gasteiger partial charge in [-0.2, -0.15) is 0 Å². The van der Waals surface area contributed by atoms with Gasteiger partial charge in [0.05, 0.1) is 10.0 Å². The number of amides is 1. The first-order valence-corrected chi connectivity index (χ1v) is 15.6. The molecule has 5 nitrogen and oxygen atoms in total. The van der Waals surface area contributed by atoms with E-state index in [-0.39, 0.29) is 40.8 Å². The molecule has 3 aliphatic rings. The van der Waals surface area contributed by atoms with Gasteiger partial charge in [-0.05, 0) is 110 Å². The van der Waals surface area contributed by atoms with Crippen molar-refractivity contribution in [1.29, 1.82) is 0 Å². The molecule has 42 heavy (non-hydrogen) atoms. The summed E-state index contributed by atoms with van der Waals surface area (Å²) in [6.45, 7) is 7.36. The molecule has 0 radical (unpaired) electrons. The molecule has 0 spiro atoms. The first kappa shape index (κ1) is 29.3. The van der Waals surface area contributed by atoms with Crippen LogP contribution < -0.4 is 14.8 Å². The van der Waals surface area contributed by atoms with Crippen molar-refractivity contribution in [2.45, 2.75) is 51.6 Å². The molecule has 8 heteroatoms. The lowest BCUT2D eigenvalue weighted by atomic mass is 9.83. The van der Waals surface area contributed by atoms with Crippen LogP contribution in [-0.2, 0) is 11.3 Å². The van der Waals surface area contributed by atoms with Crippen molar-refractivity contribution in [3.63, 3.8) is 0 Å². The summed E-state index contributed by atoms with van der Waals surface area (Å²) in [7, 11) is 0. The van der Waals surface area contributed by atoms with E-state index in [1.54, 1.807) is 0 Å². The summed E-state index contributed by atoms with van der Waals surface area (Å²) < 4.78 is 24.9. The zero-order valence-electron chi connectivity index (χ0n) is 24.0. The van der Waals surface area contributed by atoms with Gasteiger partial charge >= 0.3 is 0 Å². The minimum absolute atomic E-state index is 0.0268. The van der Waals surface area contributed by atoms with E-state index in [1.807, 2.05) is 12.1 Å². The summed E-state index contributed by atoms with van der Waals surface area (Å²) in [4.78, 5) is 16.6. The number of nitrogens with zero attached hydrogens (tertiary/aromatic N) is 1. The number of carbonyl (C=O) groups is 1. The third-order valence-electron chi connectivity index (χ3n) is 9.33. The van der Waals surface area contributed by atoms with Crippen LogP contribution in [0.15, 0.2) is 54.6 Å². The van der Waals surface area contributed by atoms with E-state index in [0.29, 0.717) is 30.3 Å². The molecule has 6 rings (SSSR count). The zero-order chi connectivity index (χ0) is 29.4. The highest BCUT2D eigenvalue weighted by molar-refractivity contribution is 6.37. The lowest BCUT2D eigenvalue weighted by molar-refractivity contribution is -0.138. The van der Waals surface area contributed by atoms with Gasteiger partial charge in [0.25, 0.3) is 0 Å². The number of hydrogen-bond donors (Lipinski definition) is 1. The monoisotopic (exact) mass is 610 g/mol. The van der Waals surface area contributed by atoms with Gasteiger partial charge < -0.3 is 19.7 Å². The van der Waals surface area contributed by atoms with E-state index < -0.39 is 5.82 Å². The minimum Gasteiger partial charge on any atom is -0.490 e. The van der Waals surface area contributed by atoms with Gasteiger partial charge in [0.2, 0.25) is 5.91 Å². The molecule has 0 bridgehead atoms.